The fourth-order valence-corrected chi connectivity index (χ4v) is 2.78. The van der Waals surface area contributed by atoms with Crippen LogP contribution < -0.4 is 10.2 Å². The van der Waals surface area contributed by atoms with Gasteiger partial charge in [0.15, 0.2) is 0 Å². The molecule has 1 saturated heterocycles. The summed E-state index contributed by atoms with van der Waals surface area (Å²) in [5.74, 6) is 0.948. The fraction of sp³-hybridized carbons (Fsp3) is 0.667. The quantitative estimate of drug-likeness (QED) is 0.846. The Hall–Kier alpha value is -1.62. The molecule has 0 saturated carbocycles. The van der Waals surface area contributed by atoms with Gasteiger partial charge in [-0.1, -0.05) is 33.1 Å². The molecule has 0 aromatic carbocycles. The average molecular weight is 319 g/mol. The summed E-state index contributed by atoms with van der Waals surface area (Å²) in [5, 5.41) is 12.7. The van der Waals surface area contributed by atoms with Crippen LogP contribution in [0.2, 0.25) is 0 Å². The molecule has 1 aromatic rings. The summed E-state index contributed by atoms with van der Waals surface area (Å²) in [5.41, 5.74) is 0.542. The summed E-state index contributed by atoms with van der Waals surface area (Å²) < 4.78 is 0. The van der Waals surface area contributed by atoms with E-state index in [9.17, 15) is 9.90 Å². The predicted octanol–water partition coefficient (Wildman–Crippen LogP) is 2.60. The fourth-order valence-electron chi connectivity index (χ4n) is 2.78. The summed E-state index contributed by atoms with van der Waals surface area (Å²) in [6.45, 7) is 6.37. The zero-order chi connectivity index (χ0) is 16.7. The van der Waals surface area contributed by atoms with Gasteiger partial charge in [-0.25, -0.2) is 4.98 Å². The lowest BCUT2D eigenvalue weighted by molar-refractivity contribution is 0.0850. The van der Waals surface area contributed by atoms with Crippen LogP contribution in [0, 0.1) is 5.92 Å². The molecule has 2 rings (SSSR count). The monoisotopic (exact) mass is 319 g/mol. The van der Waals surface area contributed by atoms with Crippen molar-refractivity contribution in [3.63, 3.8) is 0 Å². The molecule has 0 bridgehead atoms. The summed E-state index contributed by atoms with van der Waals surface area (Å²) in [7, 11) is 0. The molecule has 128 valence electrons. The minimum absolute atomic E-state index is 0.178. The second-order valence-corrected chi connectivity index (χ2v) is 6.47. The molecular formula is C18H29N3O2. The van der Waals surface area contributed by atoms with Crippen LogP contribution in [0.4, 0.5) is 5.82 Å². The van der Waals surface area contributed by atoms with Gasteiger partial charge in [-0.05, 0) is 30.9 Å². The molecule has 2 N–H and O–H groups in total. The first-order valence-corrected chi connectivity index (χ1v) is 8.79. The average Bonchev–Trinajstić information content (AvgIpc) is 2.88. The van der Waals surface area contributed by atoms with Gasteiger partial charge >= 0.3 is 0 Å². The van der Waals surface area contributed by atoms with Crippen molar-refractivity contribution >= 4 is 11.7 Å². The Bertz CT molecular complexity index is 482. The summed E-state index contributed by atoms with van der Waals surface area (Å²) in [6, 6.07) is 3.74. The Morgan fingerprint density at radius 2 is 2.00 bits per heavy atom. The maximum atomic E-state index is 12.1. The number of aliphatic hydroxyl groups is 1. The SMILES string of the molecule is CCC(C)C(O)CNC(=O)c1ccc(N2CCCCCC2)nc1. The van der Waals surface area contributed by atoms with E-state index < -0.39 is 6.10 Å². The molecule has 2 atom stereocenters. The van der Waals surface area contributed by atoms with E-state index in [2.05, 4.69) is 15.2 Å². The lowest BCUT2D eigenvalue weighted by atomic mass is 10.0. The highest BCUT2D eigenvalue weighted by Gasteiger charge is 2.15. The molecule has 5 heteroatoms. The smallest absolute Gasteiger partial charge is 0.252 e. The van der Waals surface area contributed by atoms with Gasteiger partial charge in [-0.2, -0.15) is 0 Å². The number of nitrogens with zero attached hydrogens (tertiary/aromatic N) is 2. The second-order valence-electron chi connectivity index (χ2n) is 6.47. The van der Waals surface area contributed by atoms with Crippen LogP contribution in [0.3, 0.4) is 0 Å². The van der Waals surface area contributed by atoms with Crippen LogP contribution in [0.1, 0.15) is 56.3 Å². The van der Waals surface area contributed by atoms with Gasteiger partial charge in [0.2, 0.25) is 0 Å². The van der Waals surface area contributed by atoms with Gasteiger partial charge in [0.05, 0.1) is 11.7 Å². The number of hydrogen-bond donors (Lipinski definition) is 2. The van der Waals surface area contributed by atoms with E-state index in [-0.39, 0.29) is 18.4 Å². The topological polar surface area (TPSA) is 65.5 Å². The standard InChI is InChI=1S/C18H29N3O2/c1-3-14(2)16(22)13-20-18(23)15-8-9-17(19-12-15)21-10-6-4-5-7-11-21/h8-9,12,14,16,22H,3-7,10-11,13H2,1-2H3,(H,20,23). The third-order valence-corrected chi connectivity index (χ3v) is 4.71. The first-order valence-electron chi connectivity index (χ1n) is 8.79. The van der Waals surface area contributed by atoms with E-state index in [1.54, 1.807) is 6.20 Å². The number of anilines is 1. The second kappa shape index (κ2) is 8.87. The van der Waals surface area contributed by atoms with Crippen molar-refractivity contribution in [2.45, 2.75) is 52.1 Å². The van der Waals surface area contributed by atoms with Crippen molar-refractivity contribution in [3.8, 4) is 0 Å². The molecule has 23 heavy (non-hydrogen) atoms. The first-order chi connectivity index (χ1) is 11.1. The van der Waals surface area contributed by atoms with E-state index >= 15 is 0 Å². The van der Waals surface area contributed by atoms with Crippen molar-refractivity contribution in [1.82, 2.24) is 10.3 Å². The molecule has 1 aliphatic heterocycles. The molecule has 2 unspecified atom stereocenters. The summed E-state index contributed by atoms with van der Waals surface area (Å²) in [6.07, 6.45) is 7.00. The van der Waals surface area contributed by atoms with Gasteiger partial charge < -0.3 is 15.3 Å². The third-order valence-electron chi connectivity index (χ3n) is 4.71. The van der Waals surface area contributed by atoms with Crippen molar-refractivity contribution in [2.75, 3.05) is 24.5 Å². The van der Waals surface area contributed by atoms with Crippen LogP contribution in [0.15, 0.2) is 18.3 Å². The molecule has 1 fully saturated rings. The number of carbonyl (C=O) groups is 1. The Labute approximate surface area is 139 Å². The van der Waals surface area contributed by atoms with Gasteiger partial charge in [0.1, 0.15) is 5.82 Å². The van der Waals surface area contributed by atoms with Gasteiger partial charge in [0.25, 0.3) is 5.91 Å². The van der Waals surface area contributed by atoms with Gasteiger partial charge in [0, 0.05) is 25.8 Å². The van der Waals surface area contributed by atoms with E-state index in [0.29, 0.717) is 5.56 Å². The normalized spacial score (nSPS) is 18.1. The molecule has 5 nitrogen and oxygen atoms in total. The number of nitrogens with one attached hydrogen (secondary N) is 1. The number of hydrogen-bond acceptors (Lipinski definition) is 4. The highest BCUT2D eigenvalue weighted by molar-refractivity contribution is 5.94. The van der Waals surface area contributed by atoms with Crippen molar-refractivity contribution in [1.29, 1.82) is 0 Å². The maximum Gasteiger partial charge on any atom is 0.252 e. The Morgan fingerprint density at radius 3 is 2.57 bits per heavy atom. The van der Waals surface area contributed by atoms with Crippen LogP contribution in [-0.2, 0) is 0 Å². The highest BCUT2D eigenvalue weighted by atomic mass is 16.3. The Kier molecular flexibility index (Phi) is 6.84. The molecule has 0 aliphatic carbocycles. The number of carbonyl (C=O) groups excluding carboxylic acids is 1. The lowest BCUT2D eigenvalue weighted by Crippen LogP contribution is -2.35. The molecule has 2 heterocycles. The van der Waals surface area contributed by atoms with Crippen molar-refractivity contribution in [2.24, 2.45) is 5.92 Å². The summed E-state index contributed by atoms with van der Waals surface area (Å²) in [4.78, 5) is 18.9. The van der Waals surface area contributed by atoms with Crippen LogP contribution >= 0.6 is 0 Å². The summed E-state index contributed by atoms with van der Waals surface area (Å²) >= 11 is 0. The molecule has 0 radical (unpaired) electrons. The van der Waals surface area contributed by atoms with Crippen molar-refractivity contribution < 1.29 is 9.90 Å². The molecule has 1 aromatic heterocycles. The molecule has 1 aliphatic rings. The number of aliphatic hydroxyl groups excluding tert-OH is 1. The number of rotatable bonds is 6. The number of aromatic nitrogens is 1. The largest absolute Gasteiger partial charge is 0.391 e. The third kappa shape index (κ3) is 5.20. The Morgan fingerprint density at radius 1 is 1.30 bits per heavy atom. The predicted molar refractivity (Wildman–Crippen MR) is 92.7 cm³/mol. The highest BCUT2D eigenvalue weighted by Crippen LogP contribution is 2.17. The minimum atomic E-state index is -0.506. The number of amides is 1. The first kappa shape index (κ1) is 17.7. The minimum Gasteiger partial charge on any atom is -0.391 e. The van der Waals surface area contributed by atoms with E-state index in [1.165, 1.54) is 25.7 Å². The zero-order valence-electron chi connectivity index (χ0n) is 14.3. The number of pyridine rings is 1. The van der Waals surface area contributed by atoms with E-state index in [0.717, 1.165) is 25.3 Å². The zero-order valence-corrected chi connectivity index (χ0v) is 14.3. The van der Waals surface area contributed by atoms with Gasteiger partial charge in [-0.3, -0.25) is 4.79 Å². The van der Waals surface area contributed by atoms with Crippen LogP contribution in [0.25, 0.3) is 0 Å². The van der Waals surface area contributed by atoms with Crippen molar-refractivity contribution in [3.05, 3.63) is 23.9 Å². The van der Waals surface area contributed by atoms with Crippen LogP contribution in [0.5, 0.6) is 0 Å². The molecule has 0 spiro atoms. The van der Waals surface area contributed by atoms with Crippen LogP contribution in [-0.4, -0.2) is 41.7 Å². The maximum absolute atomic E-state index is 12.1. The molecule has 1 amide bonds. The molecular weight excluding hydrogens is 290 g/mol. The van der Waals surface area contributed by atoms with E-state index in [1.807, 2.05) is 26.0 Å². The Balaban J connectivity index is 1.89. The lowest BCUT2D eigenvalue weighted by Gasteiger charge is -2.21. The van der Waals surface area contributed by atoms with E-state index in [4.69, 9.17) is 0 Å². The van der Waals surface area contributed by atoms with Gasteiger partial charge in [-0.15, -0.1) is 0 Å².